The molecule has 0 aromatic heterocycles. The van der Waals surface area contributed by atoms with Crippen LogP contribution in [0.3, 0.4) is 0 Å². The lowest BCUT2D eigenvalue weighted by Crippen LogP contribution is -2.32. The molecule has 2 N–H and O–H groups in total. The van der Waals surface area contributed by atoms with E-state index < -0.39 is 36.9 Å². The number of carbonyl (C=O) groups is 2. The monoisotopic (exact) mass is 668 g/mol. The van der Waals surface area contributed by atoms with Gasteiger partial charge in [0.25, 0.3) is 0 Å². The molecule has 2 fully saturated rings. The lowest BCUT2D eigenvalue weighted by atomic mass is 9.85. The highest BCUT2D eigenvalue weighted by molar-refractivity contribution is 5.70. The SMILES string of the molecule is COc1cc([C@H]2O[C@@H](c3cc(OC)c(O[C@H](CO)[C@H](OC(C)=O)c4ccc(OC(C)=O)c(OC)c4)c(OC)c3)[C@@H]3COC[C@@H]32)ccc1O. The van der Waals surface area contributed by atoms with Gasteiger partial charge in [0.05, 0.1) is 60.5 Å². The standard InChI is InChI=1S/C35H40O13/c1-18(37)45-26-10-8-21(12-28(26)41-4)34(46-19(2)38)31(15-36)47-35-29(42-5)13-22(14-30(35)43-6)33-24-17-44-16-23(24)32(48-33)20-7-9-25(39)27(11-20)40-3/h7-14,23-24,31-34,36,39H,15-17H2,1-6H3/t23-,24+,31+,32+,33-,34+/m0/s1. The van der Waals surface area contributed by atoms with Crippen molar-refractivity contribution in [1.82, 2.24) is 0 Å². The number of hydrogen-bond donors (Lipinski definition) is 2. The number of aliphatic hydroxyl groups is 1. The van der Waals surface area contributed by atoms with Crippen LogP contribution in [0.4, 0.5) is 0 Å². The fraction of sp³-hybridized carbons (Fsp3) is 0.429. The lowest BCUT2D eigenvalue weighted by Gasteiger charge is -2.28. The first-order chi connectivity index (χ1) is 23.1. The Kier molecular flexibility index (Phi) is 10.8. The number of benzene rings is 3. The molecule has 2 aliphatic heterocycles. The van der Waals surface area contributed by atoms with Crippen molar-refractivity contribution in [2.75, 3.05) is 48.3 Å². The molecule has 2 saturated heterocycles. The van der Waals surface area contributed by atoms with Crippen molar-refractivity contribution in [1.29, 1.82) is 0 Å². The first-order valence-electron chi connectivity index (χ1n) is 15.3. The van der Waals surface area contributed by atoms with E-state index in [0.717, 1.165) is 11.1 Å². The summed E-state index contributed by atoms with van der Waals surface area (Å²) in [4.78, 5) is 23.8. The predicted molar refractivity (Wildman–Crippen MR) is 169 cm³/mol. The number of ether oxygens (including phenoxy) is 9. The average molecular weight is 669 g/mol. The van der Waals surface area contributed by atoms with E-state index in [1.807, 2.05) is 6.07 Å². The van der Waals surface area contributed by atoms with E-state index in [1.165, 1.54) is 54.4 Å². The van der Waals surface area contributed by atoms with Crippen LogP contribution >= 0.6 is 0 Å². The molecule has 0 bridgehead atoms. The predicted octanol–water partition coefficient (Wildman–Crippen LogP) is 4.47. The van der Waals surface area contributed by atoms with Gasteiger partial charge in [0.2, 0.25) is 5.75 Å². The summed E-state index contributed by atoms with van der Waals surface area (Å²) in [7, 11) is 5.85. The van der Waals surface area contributed by atoms with Crippen LogP contribution in [0.5, 0.6) is 40.2 Å². The first-order valence-corrected chi connectivity index (χ1v) is 15.3. The summed E-state index contributed by atoms with van der Waals surface area (Å²) in [5.74, 6) is 0.433. The summed E-state index contributed by atoms with van der Waals surface area (Å²) in [6.07, 6.45) is -2.96. The van der Waals surface area contributed by atoms with Gasteiger partial charge in [0, 0.05) is 31.2 Å². The van der Waals surface area contributed by atoms with E-state index in [1.54, 1.807) is 30.3 Å². The van der Waals surface area contributed by atoms with Crippen molar-refractivity contribution < 1.29 is 62.4 Å². The molecular formula is C35H40O13. The first kappa shape index (κ1) is 34.6. The fourth-order valence-electron chi connectivity index (χ4n) is 6.26. The zero-order valence-electron chi connectivity index (χ0n) is 27.6. The molecule has 0 spiro atoms. The Morgan fingerprint density at radius 3 is 1.94 bits per heavy atom. The van der Waals surface area contributed by atoms with Crippen molar-refractivity contribution in [3.05, 3.63) is 65.2 Å². The highest BCUT2D eigenvalue weighted by atomic mass is 16.6. The third-order valence-electron chi connectivity index (χ3n) is 8.43. The fourth-order valence-corrected chi connectivity index (χ4v) is 6.26. The Hall–Kier alpha value is -4.72. The van der Waals surface area contributed by atoms with Gasteiger partial charge in [-0.1, -0.05) is 12.1 Å². The van der Waals surface area contributed by atoms with Crippen LogP contribution < -0.4 is 28.4 Å². The summed E-state index contributed by atoms with van der Waals surface area (Å²) in [5.41, 5.74) is 2.02. The molecule has 0 unspecified atom stereocenters. The molecule has 3 aromatic carbocycles. The minimum absolute atomic E-state index is 0.0134. The molecule has 5 rings (SSSR count). The van der Waals surface area contributed by atoms with Crippen LogP contribution in [-0.2, 0) is 23.8 Å². The number of fused-ring (bicyclic) bond motifs is 1. The molecule has 48 heavy (non-hydrogen) atoms. The van der Waals surface area contributed by atoms with E-state index in [2.05, 4.69) is 0 Å². The quantitative estimate of drug-likeness (QED) is 0.194. The number of aliphatic hydroxyl groups excluding tert-OH is 1. The molecule has 2 aliphatic rings. The summed E-state index contributed by atoms with van der Waals surface area (Å²) in [5, 5.41) is 20.7. The molecular weight excluding hydrogens is 628 g/mol. The van der Waals surface area contributed by atoms with Crippen LogP contribution in [0.2, 0.25) is 0 Å². The average Bonchev–Trinajstić information content (AvgIpc) is 3.70. The molecule has 258 valence electrons. The molecule has 0 amide bonds. The van der Waals surface area contributed by atoms with Gasteiger partial charge in [-0.15, -0.1) is 0 Å². The van der Waals surface area contributed by atoms with Gasteiger partial charge in [-0.3, -0.25) is 9.59 Å². The second kappa shape index (κ2) is 15.0. The van der Waals surface area contributed by atoms with Crippen molar-refractivity contribution in [3.63, 3.8) is 0 Å². The highest BCUT2D eigenvalue weighted by Crippen LogP contribution is 2.54. The maximum atomic E-state index is 12.2. The van der Waals surface area contributed by atoms with Crippen molar-refractivity contribution in [2.24, 2.45) is 11.8 Å². The molecule has 2 heterocycles. The summed E-state index contributed by atoms with van der Waals surface area (Å²) in [6, 6.07) is 13.3. The van der Waals surface area contributed by atoms with Crippen LogP contribution in [0, 0.1) is 11.8 Å². The van der Waals surface area contributed by atoms with Crippen LogP contribution in [0.25, 0.3) is 0 Å². The Balaban J connectivity index is 1.47. The van der Waals surface area contributed by atoms with Crippen LogP contribution in [0.1, 0.15) is 48.8 Å². The number of rotatable bonds is 13. The molecule has 0 radical (unpaired) electrons. The number of carbonyl (C=O) groups excluding carboxylic acids is 2. The zero-order chi connectivity index (χ0) is 34.5. The van der Waals surface area contributed by atoms with Gasteiger partial charge in [0.1, 0.15) is 0 Å². The van der Waals surface area contributed by atoms with Crippen LogP contribution in [-0.4, -0.2) is 76.5 Å². The third-order valence-corrected chi connectivity index (χ3v) is 8.43. The van der Waals surface area contributed by atoms with Crippen molar-refractivity contribution in [2.45, 2.75) is 38.3 Å². The van der Waals surface area contributed by atoms with Crippen LogP contribution in [0.15, 0.2) is 48.5 Å². The number of phenolic OH excluding ortho intramolecular Hbond substituents is 1. The Morgan fingerprint density at radius 2 is 1.38 bits per heavy atom. The molecule has 6 atom stereocenters. The lowest BCUT2D eigenvalue weighted by molar-refractivity contribution is -0.153. The summed E-state index contributed by atoms with van der Waals surface area (Å²) < 4.78 is 52.0. The topological polar surface area (TPSA) is 158 Å². The van der Waals surface area contributed by atoms with Gasteiger partial charge in [-0.25, -0.2) is 0 Å². The Labute approximate surface area is 278 Å². The molecule has 0 aliphatic carbocycles. The number of methoxy groups -OCH3 is 4. The van der Waals surface area contributed by atoms with E-state index >= 15 is 0 Å². The Morgan fingerprint density at radius 1 is 0.771 bits per heavy atom. The van der Waals surface area contributed by atoms with Gasteiger partial charge >= 0.3 is 11.9 Å². The number of esters is 2. The number of hydrogen-bond acceptors (Lipinski definition) is 13. The zero-order valence-corrected chi connectivity index (χ0v) is 27.6. The summed E-state index contributed by atoms with van der Waals surface area (Å²) in [6.45, 7) is 2.93. The minimum Gasteiger partial charge on any atom is -0.504 e. The Bertz CT molecular complexity index is 1600. The molecule has 3 aromatic rings. The third kappa shape index (κ3) is 7.08. The highest BCUT2D eigenvalue weighted by Gasteiger charge is 2.49. The van der Waals surface area contributed by atoms with Gasteiger partial charge < -0.3 is 52.8 Å². The largest absolute Gasteiger partial charge is 0.504 e. The number of aromatic hydroxyl groups is 1. The second-order valence-electron chi connectivity index (χ2n) is 11.4. The van der Waals surface area contributed by atoms with Gasteiger partial charge in [-0.05, 0) is 47.5 Å². The molecule has 0 saturated carbocycles. The molecule has 13 heteroatoms. The van der Waals surface area contributed by atoms with Gasteiger partial charge in [0.15, 0.2) is 46.7 Å². The minimum atomic E-state index is -1.13. The maximum Gasteiger partial charge on any atom is 0.308 e. The normalized spacial score (nSPS) is 21.1. The van der Waals surface area contributed by atoms with Crippen molar-refractivity contribution >= 4 is 11.9 Å². The number of phenols is 1. The van der Waals surface area contributed by atoms with E-state index in [-0.39, 0.29) is 40.9 Å². The summed E-state index contributed by atoms with van der Waals surface area (Å²) >= 11 is 0. The second-order valence-corrected chi connectivity index (χ2v) is 11.4. The van der Waals surface area contributed by atoms with E-state index in [9.17, 15) is 19.8 Å². The van der Waals surface area contributed by atoms with Gasteiger partial charge in [-0.2, -0.15) is 0 Å². The van der Waals surface area contributed by atoms with E-state index in [0.29, 0.717) is 36.0 Å². The smallest absolute Gasteiger partial charge is 0.308 e. The maximum absolute atomic E-state index is 12.2. The molecule has 13 nitrogen and oxygen atoms in total. The van der Waals surface area contributed by atoms with Crippen molar-refractivity contribution in [3.8, 4) is 40.2 Å². The van der Waals surface area contributed by atoms with E-state index in [4.69, 9.17) is 42.6 Å².